The maximum atomic E-state index is 9.38. The van der Waals surface area contributed by atoms with Crippen molar-refractivity contribution in [1.29, 1.82) is 5.26 Å². The first-order valence-electron chi connectivity index (χ1n) is 11.0. The summed E-state index contributed by atoms with van der Waals surface area (Å²) >= 11 is 0. The molecule has 4 fully saturated rings. The molecular formula is C23H33N. The summed E-state index contributed by atoms with van der Waals surface area (Å²) in [6, 6.07) is 2.49. The molecule has 24 heavy (non-hydrogen) atoms. The molecule has 5 aliphatic carbocycles. The standard InChI is InChI=1S/C23H33N/c24-14-15-5-6-17-8-10-21-20-9-7-16-3-1-2-4-18(16)19(20)11-12-22(21)23(17)13-15/h13,16-23H,1-12H2. The van der Waals surface area contributed by atoms with Crippen molar-refractivity contribution in [3.63, 3.8) is 0 Å². The van der Waals surface area contributed by atoms with Crippen LogP contribution in [-0.4, -0.2) is 0 Å². The Labute approximate surface area is 147 Å². The zero-order valence-electron chi connectivity index (χ0n) is 15.1. The van der Waals surface area contributed by atoms with Crippen molar-refractivity contribution >= 4 is 0 Å². The third-order valence-electron chi connectivity index (χ3n) is 9.10. The fraction of sp³-hybridized carbons (Fsp3) is 0.870. The summed E-state index contributed by atoms with van der Waals surface area (Å²) in [5.41, 5.74) is 1.11. The first-order valence-corrected chi connectivity index (χ1v) is 11.0. The average Bonchev–Trinajstić information content (AvgIpc) is 2.66. The normalized spacial score (nSPS) is 50.4. The summed E-state index contributed by atoms with van der Waals surface area (Å²) in [6.07, 6.45) is 20.0. The summed E-state index contributed by atoms with van der Waals surface area (Å²) in [4.78, 5) is 0. The maximum Gasteiger partial charge on any atom is 0.0943 e. The Morgan fingerprint density at radius 2 is 1.33 bits per heavy atom. The van der Waals surface area contributed by atoms with Crippen molar-refractivity contribution in [1.82, 2.24) is 0 Å². The van der Waals surface area contributed by atoms with Gasteiger partial charge in [-0.15, -0.1) is 0 Å². The topological polar surface area (TPSA) is 23.8 Å². The van der Waals surface area contributed by atoms with Crippen molar-refractivity contribution < 1.29 is 0 Å². The maximum absolute atomic E-state index is 9.38. The highest BCUT2D eigenvalue weighted by atomic mass is 14.6. The third kappa shape index (κ3) is 2.40. The predicted octanol–water partition coefficient (Wildman–Crippen LogP) is 6.12. The smallest absolute Gasteiger partial charge is 0.0943 e. The summed E-state index contributed by atoms with van der Waals surface area (Å²) in [5.74, 6) is 7.90. The Bertz CT molecular complexity index is 555. The van der Waals surface area contributed by atoms with E-state index >= 15 is 0 Å². The van der Waals surface area contributed by atoms with Crippen molar-refractivity contribution in [3.8, 4) is 6.07 Å². The van der Waals surface area contributed by atoms with Crippen LogP contribution in [0.3, 0.4) is 0 Å². The van der Waals surface area contributed by atoms with Gasteiger partial charge >= 0.3 is 0 Å². The molecule has 0 spiro atoms. The second-order valence-electron chi connectivity index (χ2n) is 9.78. The molecule has 0 radical (unpaired) electrons. The van der Waals surface area contributed by atoms with Crippen LogP contribution in [0.4, 0.5) is 0 Å². The largest absolute Gasteiger partial charge is 0.193 e. The number of hydrogen-bond acceptors (Lipinski definition) is 1. The number of fused-ring (bicyclic) bond motifs is 7. The van der Waals surface area contributed by atoms with Crippen molar-refractivity contribution in [2.75, 3.05) is 0 Å². The number of hydrogen-bond donors (Lipinski definition) is 0. The Kier molecular flexibility index (Phi) is 3.99. The van der Waals surface area contributed by atoms with E-state index in [4.69, 9.17) is 0 Å². The molecule has 0 aromatic carbocycles. The Morgan fingerprint density at radius 3 is 2.21 bits per heavy atom. The summed E-state index contributed by atoms with van der Waals surface area (Å²) in [7, 11) is 0. The van der Waals surface area contributed by atoms with Gasteiger partial charge in [-0.3, -0.25) is 0 Å². The molecule has 5 rings (SSSR count). The Hall–Kier alpha value is -0.770. The summed E-state index contributed by atoms with van der Waals surface area (Å²) in [6.45, 7) is 0. The lowest BCUT2D eigenvalue weighted by Crippen LogP contribution is -2.49. The van der Waals surface area contributed by atoms with Gasteiger partial charge in [0.1, 0.15) is 0 Å². The fourth-order valence-corrected chi connectivity index (χ4v) is 8.17. The van der Waals surface area contributed by atoms with Gasteiger partial charge in [-0.05, 0) is 105 Å². The zero-order chi connectivity index (χ0) is 16.1. The van der Waals surface area contributed by atoms with E-state index in [1.165, 1.54) is 44.9 Å². The van der Waals surface area contributed by atoms with E-state index in [-0.39, 0.29) is 0 Å². The van der Waals surface area contributed by atoms with Gasteiger partial charge in [-0.25, -0.2) is 0 Å². The second-order valence-corrected chi connectivity index (χ2v) is 9.78. The van der Waals surface area contributed by atoms with Crippen LogP contribution in [0.15, 0.2) is 11.6 Å². The van der Waals surface area contributed by atoms with Gasteiger partial charge in [0, 0.05) is 5.57 Å². The van der Waals surface area contributed by atoms with Crippen LogP contribution in [0.5, 0.6) is 0 Å². The van der Waals surface area contributed by atoms with E-state index < -0.39 is 0 Å². The van der Waals surface area contributed by atoms with Crippen LogP contribution < -0.4 is 0 Å². The fourth-order valence-electron chi connectivity index (χ4n) is 8.17. The minimum atomic E-state index is 0.761. The first kappa shape index (κ1) is 15.5. The average molecular weight is 324 g/mol. The molecule has 0 N–H and O–H groups in total. The van der Waals surface area contributed by atoms with Crippen LogP contribution in [0.25, 0.3) is 0 Å². The molecule has 0 aromatic rings. The minimum Gasteiger partial charge on any atom is -0.193 e. The molecule has 4 saturated carbocycles. The highest BCUT2D eigenvalue weighted by Crippen LogP contribution is 2.60. The third-order valence-corrected chi connectivity index (χ3v) is 9.10. The number of allylic oxidation sites excluding steroid dienone is 2. The van der Waals surface area contributed by atoms with E-state index in [1.807, 2.05) is 0 Å². The molecule has 0 amide bonds. The van der Waals surface area contributed by atoms with Crippen molar-refractivity contribution in [3.05, 3.63) is 11.6 Å². The van der Waals surface area contributed by atoms with Gasteiger partial charge in [0.2, 0.25) is 0 Å². The highest BCUT2D eigenvalue weighted by Gasteiger charge is 2.51. The molecule has 5 aliphatic rings. The van der Waals surface area contributed by atoms with Gasteiger partial charge in [-0.1, -0.05) is 25.3 Å². The minimum absolute atomic E-state index is 0.761. The van der Waals surface area contributed by atoms with Crippen LogP contribution in [0, 0.1) is 58.7 Å². The lowest BCUT2D eigenvalue weighted by atomic mass is 9.48. The zero-order valence-corrected chi connectivity index (χ0v) is 15.1. The summed E-state index contributed by atoms with van der Waals surface area (Å²) < 4.78 is 0. The van der Waals surface area contributed by atoms with E-state index in [1.54, 1.807) is 25.7 Å². The van der Waals surface area contributed by atoms with E-state index in [9.17, 15) is 5.26 Å². The quantitative estimate of drug-likeness (QED) is 0.527. The number of nitrogens with zero attached hydrogens (tertiary/aromatic N) is 1. The molecule has 0 heterocycles. The number of nitriles is 1. The molecular weight excluding hydrogens is 290 g/mol. The Balaban J connectivity index is 1.39. The summed E-state index contributed by atoms with van der Waals surface area (Å²) in [5, 5.41) is 9.38. The molecule has 130 valence electrons. The molecule has 1 nitrogen and oxygen atoms in total. The second kappa shape index (κ2) is 6.19. The lowest BCUT2D eigenvalue weighted by molar-refractivity contribution is -0.0643. The van der Waals surface area contributed by atoms with Crippen LogP contribution in [-0.2, 0) is 0 Å². The van der Waals surface area contributed by atoms with Gasteiger partial charge in [0.25, 0.3) is 0 Å². The number of rotatable bonds is 0. The highest BCUT2D eigenvalue weighted by molar-refractivity contribution is 5.25. The molecule has 0 aromatic heterocycles. The van der Waals surface area contributed by atoms with Crippen LogP contribution >= 0.6 is 0 Å². The first-order chi connectivity index (χ1) is 11.8. The van der Waals surface area contributed by atoms with Crippen molar-refractivity contribution in [2.45, 2.75) is 77.0 Å². The van der Waals surface area contributed by atoms with Gasteiger partial charge < -0.3 is 0 Å². The molecule has 0 aliphatic heterocycles. The molecule has 8 atom stereocenters. The van der Waals surface area contributed by atoms with E-state index in [2.05, 4.69) is 12.1 Å². The van der Waals surface area contributed by atoms with Gasteiger partial charge in [-0.2, -0.15) is 5.26 Å². The van der Waals surface area contributed by atoms with E-state index in [0.717, 1.165) is 59.3 Å². The SMILES string of the molecule is N#CC1=CC2C(CC1)CCC1C2CCC2C3CCCCC3CCC21. The van der Waals surface area contributed by atoms with Crippen molar-refractivity contribution in [2.24, 2.45) is 47.3 Å². The predicted molar refractivity (Wildman–Crippen MR) is 97.0 cm³/mol. The monoisotopic (exact) mass is 323 g/mol. The van der Waals surface area contributed by atoms with E-state index in [0.29, 0.717) is 0 Å². The van der Waals surface area contributed by atoms with Crippen LogP contribution in [0.1, 0.15) is 77.0 Å². The molecule has 8 unspecified atom stereocenters. The molecule has 0 saturated heterocycles. The Morgan fingerprint density at radius 1 is 0.667 bits per heavy atom. The van der Waals surface area contributed by atoms with Crippen LogP contribution in [0.2, 0.25) is 0 Å². The molecule has 0 bridgehead atoms. The lowest BCUT2D eigenvalue weighted by Gasteiger charge is -2.57. The van der Waals surface area contributed by atoms with Gasteiger partial charge in [0.05, 0.1) is 6.07 Å². The van der Waals surface area contributed by atoms with Gasteiger partial charge in [0.15, 0.2) is 0 Å². The molecule has 1 heteroatoms.